The Morgan fingerprint density at radius 1 is 1.24 bits per heavy atom. The van der Waals surface area contributed by atoms with Gasteiger partial charge in [0.15, 0.2) is 29.7 Å². The second-order valence-corrected chi connectivity index (χ2v) is 10.6. The van der Waals surface area contributed by atoms with Crippen LogP contribution in [0.3, 0.4) is 0 Å². The third-order valence-electron chi connectivity index (χ3n) is 6.66. The number of ether oxygens (including phenoxy) is 3. The maximum Gasteiger partial charge on any atom is 0.469 e. The maximum atomic E-state index is 12.8. The standard InChI is InChI=1S/C23H28N5O13P/c1-12(21(32)38-3)28-11-24-18-15(28)19(31)25(2)23(34)27(18)7-8-39-22(33)13-5-4-6-26(9-13)20-17(30)16(29)14(41-20)10-40-42(35,36)37/h4-6,9,11-12,14,16-17,20,29-30H,7-8,10H2,1-3H3,(H-,35,36,37)/p+1/t12?,14-,16-,17-,20-/m1/s1. The Bertz CT molecular complexity index is 1660. The van der Waals surface area contributed by atoms with Gasteiger partial charge in [-0.1, -0.05) is 0 Å². The SMILES string of the molecule is COC(=O)C(C)n1cnc2c1c(=O)n(C)c(=O)n2CCOC(=O)c1ccc[n+]([C@@H]2O[C@H](COP(=O)(O)O)[C@@H](O)[C@H]2O)c1. The Balaban J connectivity index is 1.48. The highest BCUT2D eigenvalue weighted by atomic mass is 31.2. The number of methoxy groups -OCH3 is 1. The third kappa shape index (κ3) is 6.19. The molecule has 1 aliphatic rings. The molecule has 1 aliphatic heterocycles. The van der Waals surface area contributed by atoms with Crippen LogP contribution >= 0.6 is 7.82 Å². The summed E-state index contributed by atoms with van der Waals surface area (Å²) in [4.78, 5) is 72.3. The minimum atomic E-state index is -4.84. The highest BCUT2D eigenvalue weighted by Gasteiger charge is 2.49. The number of hydrogen-bond donors (Lipinski definition) is 4. The zero-order chi connectivity index (χ0) is 30.9. The number of carbonyl (C=O) groups is 2. The first-order chi connectivity index (χ1) is 19.7. The molecule has 0 spiro atoms. The van der Waals surface area contributed by atoms with Gasteiger partial charge >= 0.3 is 25.5 Å². The summed E-state index contributed by atoms with van der Waals surface area (Å²) in [6.45, 7) is 0.300. The number of rotatable bonds is 10. The smallest absolute Gasteiger partial charge is 0.467 e. The lowest BCUT2D eigenvalue weighted by Crippen LogP contribution is -2.46. The molecule has 3 aromatic rings. The van der Waals surface area contributed by atoms with Crippen molar-refractivity contribution in [2.45, 2.75) is 44.1 Å². The number of aliphatic hydroxyl groups excluding tert-OH is 2. The first-order valence-electron chi connectivity index (χ1n) is 12.4. The highest BCUT2D eigenvalue weighted by molar-refractivity contribution is 7.46. The van der Waals surface area contributed by atoms with E-state index in [0.717, 1.165) is 9.13 Å². The first kappa shape index (κ1) is 31.2. The number of imidazole rings is 1. The van der Waals surface area contributed by atoms with Crippen molar-refractivity contribution in [1.29, 1.82) is 0 Å². The summed E-state index contributed by atoms with van der Waals surface area (Å²) in [5.41, 5.74) is -1.43. The van der Waals surface area contributed by atoms with Gasteiger partial charge in [0.05, 0.1) is 26.6 Å². The van der Waals surface area contributed by atoms with E-state index in [9.17, 15) is 34.0 Å². The molecule has 0 bridgehead atoms. The minimum Gasteiger partial charge on any atom is -0.467 e. The molecule has 19 heteroatoms. The third-order valence-corrected chi connectivity index (χ3v) is 7.14. The van der Waals surface area contributed by atoms with Gasteiger partial charge in [-0.3, -0.25) is 18.5 Å². The molecule has 0 saturated carbocycles. The fourth-order valence-corrected chi connectivity index (χ4v) is 4.76. The lowest BCUT2D eigenvalue weighted by atomic mass is 10.1. The second-order valence-electron chi connectivity index (χ2n) is 9.33. The Kier molecular flexibility index (Phi) is 9.07. The molecule has 0 radical (unpaired) electrons. The number of pyridine rings is 1. The van der Waals surface area contributed by atoms with Crippen LogP contribution in [0.5, 0.6) is 0 Å². The van der Waals surface area contributed by atoms with Crippen LogP contribution in [0.4, 0.5) is 0 Å². The zero-order valence-electron chi connectivity index (χ0n) is 22.5. The number of hydrogen-bond acceptors (Lipinski definition) is 12. The molecular formula is C23H29N5O13P+. The molecular weight excluding hydrogens is 585 g/mol. The van der Waals surface area contributed by atoms with Gasteiger partial charge in [-0.05, 0) is 13.0 Å². The van der Waals surface area contributed by atoms with Crippen LogP contribution < -0.4 is 15.8 Å². The molecule has 1 unspecified atom stereocenters. The Labute approximate surface area is 236 Å². The van der Waals surface area contributed by atoms with Crippen LogP contribution in [-0.4, -0.2) is 89.3 Å². The van der Waals surface area contributed by atoms with Crippen LogP contribution in [0.15, 0.2) is 40.4 Å². The maximum absolute atomic E-state index is 12.8. The van der Waals surface area contributed by atoms with Crippen molar-refractivity contribution in [2.75, 3.05) is 20.3 Å². The van der Waals surface area contributed by atoms with Gasteiger partial charge in [0, 0.05) is 13.1 Å². The highest BCUT2D eigenvalue weighted by Crippen LogP contribution is 2.37. The van der Waals surface area contributed by atoms with E-state index in [4.69, 9.17) is 24.0 Å². The summed E-state index contributed by atoms with van der Waals surface area (Å²) in [6, 6.07) is 1.94. The summed E-state index contributed by atoms with van der Waals surface area (Å²) >= 11 is 0. The second kappa shape index (κ2) is 12.2. The van der Waals surface area contributed by atoms with Crippen LogP contribution in [0.1, 0.15) is 29.6 Å². The van der Waals surface area contributed by atoms with Crippen LogP contribution in [-0.2, 0) is 41.7 Å². The number of fused-ring (bicyclic) bond motifs is 1. The van der Waals surface area contributed by atoms with Crippen LogP contribution in [0.2, 0.25) is 0 Å². The van der Waals surface area contributed by atoms with Crippen molar-refractivity contribution in [2.24, 2.45) is 7.05 Å². The van der Waals surface area contributed by atoms with E-state index in [1.807, 2.05) is 0 Å². The van der Waals surface area contributed by atoms with Crippen LogP contribution in [0, 0.1) is 0 Å². The number of nitrogens with zero attached hydrogens (tertiary/aromatic N) is 5. The van der Waals surface area contributed by atoms with Crippen molar-refractivity contribution in [3.05, 3.63) is 57.3 Å². The number of aliphatic hydroxyl groups is 2. The molecule has 42 heavy (non-hydrogen) atoms. The first-order valence-corrected chi connectivity index (χ1v) is 13.9. The number of esters is 2. The Morgan fingerprint density at radius 2 is 1.95 bits per heavy atom. The normalized spacial score (nSPS) is 21.4. The molecule has 0 amide bonds. The fraction of sp³-hybridized carbons (Fsp3) is 0.478. The largest absolute Gasteiger partial charge is 0.469 e. The lowest BCUT2D eigenvalue weighted by molar-refractivity contribution is -0.765. The number of phosphoric ester groups is 1. The van der Waals surface area contributed by atoms with Crippen molar-refractivity contribution < 1.29 is 57.5 Å². The molecule has 4 rings (SSSR count). The molecule has 228 valence electrons. The molecule has 1 fully saturated rings. The lowest BCUT2D eigenvalue weighted by Gasteiger charge is -2.13. The molecule has 5 atom stereocenters. The summed E-state index contributed by atoms with van der Waals surface area (Å²) in [6.07, 6.45) is -1.63. The van der Waals surface area contributed by atoms with E-state index in [0.29, 0.717) is 0 Å². The summed E-state index contributed by atoms with van der Waals surface area (Å²) < 4.78 is 35.4. The van der Waals surface area contributed by atoms with Crippen molar-refractivity contribution in [1.82, 2.24) is 18.7 Å². The zero-order valence-corrected chi connectivity index (χ0v) is 23.4. The Morgan fingerprint density at radius 3 is 2.62 bits per heavy atom. The number of phosphoric acid groups is 1. The quantitative estimate of drug-likeness (QED) is 0.105. The van der Waals surface area contributed by atoms with Gasteiger partial charge in [-0.25, -0.2) is 23.9 Å². The van der Waals surface area contributed by atoms with Crippen molar-refractivity contribution in [3.63, 3.8) is 0 Å². The fourth-order valence-electron chi connectivity index (χ4n) is 4.42. The van der Waals surface area contributed by atoms with Crippen molar-refractivity contribution in [3.8, 4) is 0 Å². The molecule has 4 N–H and O–H groups in total. The predicted molar refractivity (Wildman–Crippen MR) is 137 cm³/mol. The predicted octanol–water partition coefficient (Wildman–Crippen LogP) is -2.50. The van der Waals surface area contributed by atoms with Gasteiger partial charge in [-0.2, -0.15) is 4.57 Å². The summed E-state index contributed by atoms with van der Waals surface area (Å²) in [5, 5.41) is 20.6. The molecule has 18 nitrogen and oxygen atoms in total. The number of carbonyl (C=O) groups excluding carboxylic acids is 2. The van der Waals surface area contributed by atoms with Gasteiger partial charge in [-0.15, -0.1) is 0 Å². The van der Waals surface area contributed by atoms with Gasteiger partial charge in [0.2, 0.25) is 0 Å². The number of aromatic nitrogens is 5. The minimum absolute atomic E-state index is 0.00634. The monoisotopic (exact) mass is 614 g/mol. The molecule has 0 aliphatic carbocycles. The van der Waals surface area contributed by atoms with Crippen LogP contribution in [0.25, 0.3) is 11.2 Å². The van der Waals surface area contributed by atoms with E-state index in [1.165, 1.54) is 61.1 Å². The molecule has 4 heterocycles. The van der Waals surface area contributed by atoms with Gasteiger partial charge in [0.25, 0.3) is 11.8 Å². The molecule has 3 aromatic heterocycles. The summed E-state index contributed by atoms with van der Waals surface area (Å²) in [5.74, 6) is -1.45. The van der Waals surface area contributed by atoms with Crippen molar-refractivity contribution >= 4 is 30.9 Å². The van der Waals surface area contributed by atoms with E-state index in [1.54, 1.807) is 0 Å². The molecule has 0 aromatic carbocycles. The van der Waals surface area contributed by atoms with E-state index in [2.05, 4.69) is 9.51 Å². The topological polar surface area (TPSA) is 235 Å². The van der Waals surface area contributed by atoms with E-state index < -0.39 is 68.2 Å². The van der Waals surface area contributed by atoms with E-state index in [-0.39, 0.29) is 29.9 Å². The van der Waals surface area contributed by atoms with Gasteiger partial charge < -0.3 is 38.8 Å². The van der Waals surface area contributed by atoms with E-state index >= 15 is 0 Å². The Hall–Kier alpha value is -3.77. The summed E-state index contributed by atoms with van der Waals surface area (Å²) in [7, 11) is -2.39. The molecule has 1 saturated heterocycles. The average molecular weight is 614 g/mol. The average Bonchev–Trinajstić information content (AvgIpc) is 3.52. The van der Waals surface area contributed by atoms with Gasteiger partial charge in [0.1, 0.15) is 30.4 Å².